The van der Waals surface area contributed by atoms with Gasteiger partial charge in [-0.05, 0) is 29.3 Å². The van der Waals surface area contributed by atoms with Crippen molar-refractivity contribution in [1.29, 1.82) is 5.26 Å². The van der Waals surface area contributed by atoms with Gasteiger partial charge < -0.3 is 5.73 Å². The van der Waals surface area contributed by atoms with Crippen LogP contribution in [0.15, 0.2) is 54.6 Å². The Bertz CT molecular complexity index is 560. The topological polar surface area (TPSA) is 49.8 Å². The first-order chi connectivity index (χ1) is 8.29. The lowest BCUT2D eigenvalue weighted by atomic mass is 10.0. The second kappa shape index (κ2) is 5.00. The van der Waals surface area contributed by atoms with Crippen LogP contribution >= 0.6 is 0 Å². The van der Waals surface area contributed by atoms with Crippen molar-refractivity contribution in [3.63, 3.8) is 0 Å². The van der Waals surface area contributed by atoms with Crippen LogP contribution in [0.3, 0.4) is 0 Å². The molecular formula is C15H12N2. The van der Waals surface area contributed by atoms with Crippen LogP contribution in [-0.2, 0) is 0 Å². The Morgan fingerprint density at radius 2 is 1.65 bits per heavy atom. The van der Waals surface area contributed by atoms with Crippen LogP contribution in [0.1, 0.15) is 11.1 Å². The van der Waals surface area contributed by atoms with Gasteiger partial charge in [-0.25, -0.2) is 0 Å². The maximum atomic E-state index is 9.16. The SMILES string of the molecule is N#C/C(=C\c1ccccc1)c1ccc(N)cc1. The molecule has 2 aromatic carbocycles. The molecule has 0 aromatic heterocycles. The molecule has 2 N–H and O–H groups in total. The molecule has 0 aliphatic rings. The lowest BCUT2D eigenvalue weighted by Crippen LogP contribution is -1.86. The first-order valence-electron chi connectivity index (χ1n) is 5.32. The van der Waals surface area contributed by atoms with E-state index in [9.17, 15) is 0 Å². The molecule has 0 heterocycles. The fourth-order valence-corrected chi connectivity index (χ4v) is 1.56. The monoisotopic (exact) mass is 220 g/mol. The van der Waals surface area contributed by atoms with E-state index in [1.165, 1.54) is 0 Å². The van der Waals surface area contributed by atoms with Gasteiger partial charge in [-0.15, -0.1) is 0 Å². The van der Waals surface area contributed by atoms with Crippen LogP contribution in [0.2, 0.25) is 0 Å². The van der Waals surface area contributed by atoms with Gasteiger partial charge in [0.1, 0.15) is 0 Å². The molecule has 82 valence electrons. The number of anilines is 1. The predicted molar refractivity (Wildman–Crippen MR) is 70.8 cm³/mol. The van der Waals surface area contributed by atoms with Gasteiger partial charge in [-0.1, -0.05) is 42.5 Å². The zero-order chi connectivity index (χ0) is 12.1. The third-order valence-electron chi connectivity index (χ3n) is 2.45. The first kappa shape index (κ1) is 11.0. The number of rotatable bonds is 2. The highest BCUT2D eigenvalue weighted by Gasteiger charge is 2.00. The van der Waals surface area contributed by atoms with Gasteiger partial charge in [0, 0.05) is 5.69 Å². The average molecular weight is 220 g/mol. The third kappa shape index (κ3) is 2.73. The lowest BCUT2D eigenvalue weighted by molar-refractivity contribution is 1.52. The highest BCUT2D eigenvalue weighted by Crippen LogP contribution is 2.18. The molecule has 0 unspecified atom stereocenters. The van der Waals surface area contributed by atoms with Gasteiger partial charge in [-0.3, -0.25) is 0 Å². The molecule has 0 saturated carbocycles. The Hall–Kier alpha value is -2.53. The molecule has 0 bridgehead atoms. The highest BCUT2D eigenvalue weighted by molar-refractivity contribution is 5.89. The maximum Gasteiger partial charge on any atom is 0.0998 e. The summed E-state index contributed by atoms with van der Waals surface area (Å²) in [7, 11) is 0. The van der Waals surface area contributed by atoms with Crippen LogP contribution in [0.5, 0.6) is 0 Å². The molecule has 2 aromatic rings. The number of nitrogens with zero attached hydrogens (tertiary/aromatic N) is 1. The molecule has 0 radical (unpaired) electrons. The van der Waals surface area contributed by atoms with E-state index in [0.29, 0.717) is 11.3 Å². The zero-order valence-corrected chi connectivity index (χ0v) is 9.30. The van der Waals surface area contributed by atoms with Gasteiger partial charge in [0.25, 0.3) is 0 Å². The van der Waals surface area contributed by atoms with E-state index >= 15 is 0 Å². The summed E-state index contributed by atoms with van der Waals surface area (Å²) in [4.78, 5) is 0. The molecule has 0 aliphatic carbocycles. The minimum atomic E-state index is 0.635. The number of nitriles is 1. The molecule has 0 fully saturated rings. The Kier molecular flexibility index (Phi) is 3.23. The predicted octanol–water partition coefficient (Wildman–Crippen LogP) is 3.33. The fraction of sp³-hybridized carbons (Fsp3) is 0. The van der Waals surface area contributed by atoms with Crippen LogP contribution in [0.4, 0.5) is 5.69 Å². The molecule has 0 saturated heterocycles. The van der Waals surface area contributed by atoms with E-state index in [1.807, 2.05) is 48.5 Å². The highest BCUT2D eigenvalue weighted by atomic mass is 14.5. The molecule has 0 aliphatic heterocycles. The summed E-state index contributed by atoms with van der Waals surface area (Å²) in [6, 6.07) is 19.3. The Labute approximate surface area is 101 Å². The molecule has 2 nitrogen and oxygen atoms in total. The van der Waals surface area contributed by atoms with E-state index in [4.69, 9.17) is 11.0 Å². The zero-order valence-electron chi connectivity index (χ0n) is 9.30. The molecule has 0 amide bonds. The van der Waals surface area contributed by atoms with Crippen LogP contribution in [0, 0.1) is 11.3 Å². The minimum absolute atomic E-state index is 0.635. The van der Waals surface area contributed by atoms with Crippen molar-refractivity contribution in [1.82, 2.24) is 0 Å². The van der Waals surface area contributed by atoms with Crippen LogP contribution in [-0.4, -0.2) is 0 Å². The van der Waals surface area contributed by atoms with Gasteiger partial charge >= 0.3 is 0 Å². The summed E-state index contributed by atoms with van der Waals surface area (Å²) in [6.45, 7) is 0. The smallest absolute Gasteiger partial charge is 0.0998 e. The van der Waals surface area contributed by atoms with Crippen LogP contribution in [0.25, 0.3) is 11.6 Å². The van der Waals surface area contributed by atoms with Crippen molar-refractivity contribution in [3.05, 3.63) is 65.7 Å². The second-order valence-corrected chi connectivity index (χ2v) is 3.70. The summed E-state index contributed by atoms with van der Waals surface area (Å²) in [6.07, 6.45) is 1.87. The standard InChI is InChI=1S/C15H12N2/c16-11-14(10-12-4-2-1-3-5-12)13-6-8-15(17)9-7-13/h1-10H,17H2/b14-10+. The van der Waals surface area contributed by atoms with E-state index < -0.39 is 0 Å². The quantitative estimate of drug-likeness (QED) is 0.479. The van der Waals surface area contributed by atoms with Crippen molar-refractivity contribution in [2.45, 2.75) is 0 Å². The largest absolute Gasteiger partial charge is 0.399 e. The van der Waals surface area contributed by atoms with E-state index in [-0.39, 0.29) is 0 Å². The third-order valence-corrected chi connectivity index (χ3v) is 2.45. The summed E-state index contributed by atoms with van der Waals surface area (Å²) in [5.41, 5.74) is 8.85. The number of hydrogen-bond donors (Lipinski definition) is 1. The van der Waals surface area contributed by atoms with Crippen LogP contribution < -0.4 is 5.73 Å². The molecule has 17 heavy (non-hydrogen) atoms. The first-order valence-corrected chi connectivity index (χ1v) is 5.32. The van der Waals surface area contributed by atoms with Gasteiger partial charge in [0.2, 0.25) is 0 Å². The van der Waals surface area contributed by atoms with Crippen molar-refractivity contribution in [2.24, 2.45) is 0 Å². The van der Waals surface area contributed by atoms with E-state index in [0.717, 1.165) is 11.1 Å². The Balaban J connectivity index is 2.38. The molecular weight excluding hydrogens is 208 g/mol. The van der Waals surface area contributed by atoms with Crippen molar-refractivity contribution < 1.29 is 0 Å². The van der Waals surface area contributed by atoms with Crippen molar-refractivity contribution in [3.8, 4) is 6.07 Å². The molecule has 0 spiro atoms. The van der Waals surface area contributed by atoms with Gasteiger partial charge in [-0.2, -0.15) is 5.26 Å². The normalized spacial score (nSPS) is 10.9. The Morgan fingerprint density at radius 3 is 2.24 bits per heavy atom. The number of nitrogens with two attached hydrogens (primary N) is 1. The second-order valence-electron chi connectivity index (χ2n) is 3.70. The maximum absolute atomic E-state index is 9.16. The summed E-state index contributed by atoms with van der Waals surface area (Å²) < 4.78 is 0. The van der Waals surface area contributed by atoms with E-state index in [1.54, 1.807) is 12.1 Å². The molecule has 2 rings (SSSR count). The summed E-state index contributed by atoms with van der Waals surface area (Å²) in [5.74, 6) is 0. The van der Waals surface area contributed by atoms with Gasteiger partial charge in [0.15, 0.2) is 0 Å². The summed E-state index contributed by atoms with van der Waals surface area (Å²) in [5, 5.41) is 9.16. The Morgan fingerprint density at radius 1 is 1.00 bits per heavy atom. The van der Waals surface area contributed by atoms with Crippen molar-refractivity contribution >= 4 is 17.3 Å². The van der Waals surface area contributed by atoms with Gasteiger partial charge in [0.05, 0.1) is 11.6 Å². The molecule has 0 atom stereocenters. The number of benzene rings is 2. The number of nitrogen functional groups attached to an aromatic ring is 1. The minimum Gasteiger partial charge on any atom is -0.399 e. The number of allylic oxidation sites excluding steroid dienone is 1. The lowest BCUT2D eigenvalue weighted by Gasteiger charge is -2.00. The number of hydrogen-bond acceptors (Lipinski definition) is 2. The van der Waals surface area contributed by atoms with E-state index in [2.05, 4.69) is 6.07 Å². The molecule has 2 heteroatoms. The average Bonchev–Trinajstić information content (AvgIpc) is 2.38. The fourth-order valence-electron chi connectivity index (χ4n) is 1.56. The summed E-state index contributed by atoms with van der Waals surface area (Å²) >= 11 is 0. The van der Waals surface area contributed by atoms with Crippen molar-refractivity contribution in [2.75, 3.05) is 5.73 Å².